The van der Waals surface area contributed by atoms with E-state index in [1.54, 1.807) is 0 Å². The minimum absolute atomic E-state index is 0.00306. The third-order valence-corrected chi connectivity index (χ3v) is 7.14. The zero-order chi connectivity index (χ0) is 22.8. The number of thioether (sulfide) groups is 1. The van der Waals surface area contributed by atoms with Crippen molar-refractivity contribution in [1.29, 1.82) is 0 Å². The van der Waals surface area contributed by atoms with Crippen molar-refractivity contribution in [2.24, 2.45) is 10.9 Å². The standard InChI is InChI=1S/C18H14F4N4O3S2/c19-10-1-6-13-9(7-10)8-30-15-14(13)26(25-17(15,16(23)27)18(20,21)22)11-2-4-12(5-3-11)31(24,28)29/h1-7,25H,8H2,(H2,23,27)(H2,24,28,29). The van der Waals surface area contributed by atoms with Crippen LogP contribution in [-0.2, 0) is 20.6 Å². The number of amides is 1. The van der Waals surface area contributed by atoms with Gasteiger partial charge >= 0.3 is 6.18 Å². The summed E-state index contributed by atoms with van der Waals surface area (Å²) in [4.78, 5) is 11.5. The highest BCUT2D eigenvalue weighted by atomic mass is 32.2. The normalized spacial score (nSPS) is 21.1. The molecular formula is C18H14F4N4O3S2. The number of nitrogens with zero attached hydrogens (tertiary/aromatic N) is 1. The molecule has 4 rings (SSSR count). The number of fused-ring (bicyclic) bond motifs is 2. The maximum Gasteiger partial charge on any atom is 0.422 e. The van der Waals surface area contributed by atoms with Gasteiger partial charge in [-0.05, 0) is 48.0 Å². The summed E-state index contributed by atoms with van der Waals surface area (Å²) in [5, 5.41) is 6.07. The first kappa shape index (κ1) is 21.6. The number of nitrogens with one attached hydrogen (secondary N) is 1. The van der Waals surface area contributed by atoms with E-state index in [0.29, 0.717) is 5.56 Å². The van der Waals surface area contributed by atoms with E-state index in [-0.39, 0.29) is 32.5 Å². The van der Waals surface area contributed by atoms with Gasteiger partial charge in [0, 0.05) is 11.3 Å². The second kappa shape index (κ2) is 6.95. The average Bonchev–Trinajstić information content (AvgIpc) is 3.04. The number of carbonyl (C=O) groups is 1. The predicted octanol–water partition coefficient (Wildman–Crippen LogP) is 2.20. The minimum Gasteiger partial charge on any atom is -0.367 e. The smallest absolute Gasteiger partial charge is 0.367 e. The molecule has 31 heavy (non-hydrogen) atoms. The quantitative estimate of drug-likeness (QED) is 0.587. The molecule has 0 saturated carbocycles. The van der Waals surface area contributed by atoms with Crippen LogP contribution in [-0.4, -0.2) is 26.0 Å². The Morgan fingerprint density at radius 2 is 1.81 bits per heavy atom. The molecule has 0 saturated heterocycles. The molecule has 1 atom stereocenters. The lowest BCUT2D eigenvalue weighted by Crippen LogP contribution is -2.65. The lowest BCUT2D eigenvalue weighted by atomic mass is 9.95. The van der Waals surface area contributed by atoms with Gasteiger partial charge in [-0.3, -0.25) is 9.80 Å². The highest BCUT2D eigenvalue weighted by molar-refractivity contribution is 8.02. The third kappa shape index (κ3) is 3.28. The van der Waals surface area contributed by atoms with Crippen molar-refractivity contribution in [3.63, 3.8) is 0 Å². The Morgan fingerprint density at radius 1 is 1.16 bits per heavy atom. The second-order valence-corrected chi connectivity index (χ2v) is 9.41. The Morgan fingerprint density at radius 3 is 2.35 bits per heavy atom. The van der Waals surface area contributed by atoms with Gasteiger partial charge in [0.05, 0.1) is 21.2 Å². The summed E-state index contributed by atoms with van der Waals surface area (Å²) in [7, 11) is -4.03. The van der Waals surface area contributed by atoms with E-state index < -0.39 is 33.5 Å². The van der Waals surface area contributed by atoms with Crippen molar-refractivity contribution in [2.75, 3.05) is 5.01 Å². The van der Waals surface area contributed by atoms with Crippen molar-refractivity contribution in [3.05, 3.63) is 64.3 Å². The van der Waals surface area contributed by atoms with E-state index in [9.17, 15) is 30.8 Å². The number of hydrogen-bond donors (Lipinski definition) is 3. The molecule has 2 aliphatic rings. The van der Waals surface area contributed by atoms with Crippen LogP contribution in [0.1, 0.15) is 11.1 Å². The van der Waals surface area contributed by atoms with Gasteiger partial charge in [0.15, 0.2) is 0 Å². The van der Waals surface area contributed by atoms with Crippen LogP contribution in [0.4, 0.5) is 23.2 Å². The summed E-state index contributed by atoms with van der Waals surface area (Å²) in [5.41, 5.74) is 4.99. The summed E-state index contributed by atoms with van der Waals surface area (Å²) in [6, 6.07) is 8.31. The maximum absolute atomic E-state index is 14.2. The zero-order valence-corrected chi connectivity index (χ0v) is 17.0. The molecule has 13 heteroatoms. The lowest BCUT2D eigenvalue weighted by Gasteiger charge is -2.32. The van der Waals surface area contributed by atoms with Gasteiger partial charge in [-0.25, -0.2) is 23.4 Å². The first-order chi connectivity index (χ1) is 14.4. The number of rotatable bonds is 3. The van der Waals surface area contributed by atoms with Crippen molar-refractivity contribution in [1.82, 2.24) is 5.43 Å². The maximum atomic E-state index is 14.2. The Kier molecular flexibility index (Phi) is 4.85. The van der Waals surface area contributed by atoms with Crippen molar-refractivity contribution in [3.8, 4) is 0 Å². The number of nitrogens with two attached hydrogens (primary N) is 2. The van der Waals surface area contributed by atoms with Gasteiger partial charge in [-0.1, -0.05) is 0 Å². The number of carbonyl (C=O) groups excluding carboxylic acids is 1. The van der Waals surface area contributed by atoms with Gasteiger partial charge in [0.2, 0.25) is 15.6 Å². The summed E-state index contributed by atoms with van der Waals surface area (Å²) >= 11 is 0.725. The molecule has 0 fully saturated rings. The number of primary sulfonamides is 1. The molecule has 2 heterocycles. The topological polar surface area (TPSA) is 119 Å². The van der Waals surface area contributed by atoms with Crippen molar-refractivity contribution in [2.45, 2.75) is 22.4 Å². The Labute approximate surface area is 178 Å². The Balaban J connectivity index is 1.96. The van der Waals surface area contributed by atoms with E-state index in [1.165, 1.54) is 24.3 Å². The van der Waals surface area contributed by atoms with E-state index in [1.807, 2.05) is 0 Å². The fourth-order valence-corrected chi connectivity index (χ4v) is 5.38. The number of hydrogen-bond acceptors (Lipinski definition) is 6. The van der Waals surface area contributed by atoms with Crippen molar-refractivity contribution >= 4 is 39.1 Å². The third-order valence-electron chi connectivity index (χ3n) is 4.97. The highest BCUT2D eigenvalue weighted by Crippen LogP contribution is 2.54. The van der Waals surface area contributed by atoms with E-state index in [4.69, 9.17) is 10.9 Å². The lowest BCUT2D eigenvalue weighted by molar-refractivity contribution is -0.185. The molecule has 5 N–H and O–H groups in total. The first-order valence-corrected chi connectivity index (χ1v) is 11.1. The van der Waals surface area contributed by atoms with Gasteiger partial charge in [-0.2, -0.15) is 13.2 Å². The molecule has 1 unspecified atom stereocenters. The van der Waals surface area contributed by atoms with Gasteiger partial charge in [0.1, 0.15) is 5.82 Å². The largest absolute Gasteiger partial charge is 0.422 e. The number of anilines is 1. The highest BCUT2D eigenvalue weighted by Gasteiger charge is 2.67. The fourth-order valence-electron chi connectivity index (χ4n) is 3.51. The van der Waals surface area contributed by atoms with Crippen LogP contribution in [0, 0.1) is 5.82 Å². The van der Waals surface area contributed by atoms with Gasteiger partial charge in [-0.15, -0.1) is 11.8 Å². The summed E-state index contributed by atoms with van der Waals surface area (Å²) in [6.07, 6.45) is -5.10. The molecule has 1 amide bonds. The molecule has 0 aromatic heterocycles. The zero-order valence-electron chi connectivity index (χ0n) is 15.4. The van der Waals surface area contributed by atoms with Gasteiger partial charge in [0.25, 0.3) is 5.91 Å². The molecule has 7 nitrogen and oxygen atoms in total. The van der Waals surface area contributed by atoms with Crippen LogP contribution in [0.3, 0.4) is 0 Å². The van der Waals surface area contributed by atoms with Crippen LogP contribution in [0.15, 0.2) is 52.3 Å². The van der Waals surface area contributed by atoms with Crippen LogP contribution in [0.2, 0.25) is 0 Å². The monoisotopic (exact) mass is 474 g/mol. The number of benzene rings is 2. The fraction of sp³-hybridized carbons (Fsp3) is 0.167. The van der Waals surface area contributed by atoms with Crippen LogP contribution in [0.5, 0.6) is 0 Å². The second-order valence-electron chi connectivity index (χ2n) is 6.87. The van der Waals surface area contributed by atoms with Crippen LogP contribution in [0.25, 0.3) is 5.70 Å². The van der Waals surface area contributed by atoms with E-state index in [0.717, 1.165) is 35.0 Å². The minimum atomic E-state index is -5.10. The predicted molar refractivity (Wildman–Crippen MR) is 106 cm³/mol. The van der Waals surface area contributed by atoms with Gasteiger partial charge < -0.3 is 5.73 Å². The van der Waals surface area contributed by atoms with Crippen molar-refractivity contribution < 1.29 is 30.8 Å². The molecule has 0 spiro atoms. The average molecular weight is 474 g/mol. The summed E-state index contributed by atoms with van der Waals surface area (Å²) in [6.45, 7) is 0. The molecule has 2 aromatic carbocycles. The van der Waals surface area contributed by atoms with E-state index in [2.05, 4.69) is 5.43 Å². The molecule has 0 radical (unpaired) electrons. The van der Waals surface area contributed by atoms with E-state index >= 15 is 0 Å². The molecule has 2 aromatic rings. The molecule has 164 valence electrons. The SMILES string of the molecule is NC(=O)C1(C(F)(F)F)NN(c2ccc(S(N)(=O)=O)cc2)C2=C1SCc1cc(F)ccc12. The Bertz CT molecular complexity index is 1230. The molecule has 0 aliphatic carbocycles. The number of primary amides is 1. The molecular weight excluding hydrogens is 460 g/mol. The van der Waals surface area contributed by atoms with Crippen LogP contribution < -0.4 is 21.3 Å². The molecule has 0 bridgehead atoms. The van der Waals surface area contributed by atoms with Crippen LogP contribution >= 0.6 is 11.8 Å². The first-order valence-electron chi connectivity index (χ1n) is 8.60. The number of hydrazine groups is 1. The number of alkyl halides is 3. The summed E-state index contributed by atoms with van der Waals surface area (Å²) < 4.78 is 79.3. The summed E-state index contributed by atoms with van der Waals surface area (Å²) in [5.74, 6) is -2.22. The number of halogens is 4. The Hall–Kier alpha value is -2.61. The molecule has 2 aliphatic heterocycles. The number of sulfonamides is 1.